The van der Waals surface area contributed by atoms with Crippen molar-refractivity contribution in [2.24, 2.45) is 0 Å². The Hall–Kier alpha value is -18.1. The number of thiophene rings is 2. The average Bonchev–Trinajstić information content (AvgIpc) is 1.51. The van der Waals surface area contributed by atoms with Gasteiger partial charge in [0.2, 0.25) is 0 Å². The van der Waals surface area contributed by atoms with Crippen LogP contribution < -0.4 is 0 Å². The Morgan fingerprint density at radius 1 is 0.209 bits per heavy atom. The lowest BCUT2D eigenvalue weighted by atomic mass is 9.70. The average molecular weight is 1920 g/mol. The fraction of sp³-hybridized carbons (Fsp3) is 0.0504. The van der Waals surface area contributed by atoms with Gasteiger partial charge >= 0.3 is 0 Å². The summed E-state index contributed by atoms with van der Waals surface area (Å²) in [6, 6.07) is 167. The molecule has 9 heteroatoms. The molecule has 22 aromatic carbocycles. The zero-order chi connectivity index (χ0) is 97.3. The highest BCUT2D eigenvalue weighted by Crippen LogP contribution is 2.66. The molecule has 6 heterocycles. The van der Waals surface area contributed by atoms with E-state index in [-0.39, 0.29) is 10.8 Å². The van der Waals surface area contributed by atoms with E-state index in [1.165, 1.54) is 173 Å². The summed E-state index contributed by atoms with van der Waals surface area (Å²) < 4.78 is 11.7. The molecule has 0 atom stereocenters. The highest BCUT2D eigenvalue weighted by Gasteiger charge is 2.54. The van der Waals surface area contributed by atoms with Crippen LogP contribution in [-0.2, 0) is 16.2 Å². The first-order valence-electron chi connectivity index (χ1n) is 51.2. The van der Waals surface area contributed by atoms with Gasteiger partial charge in [-0.1, -0.05) is 414 Å². The molecule has 5 aliphatic rings. The Morgan fingerprint density at radius 2 is 0.514 bits per heavy atom. The Bertz CT molecular complexity index is 10500. The van der Waals surface area contributed by atoms with Gasteiger partial charge in [-0.25, -0.2) is 29.9 Å². The van der Waals surface area contributed by atoms with Crippen molar-refractivity contribution in [2.45, 2.75) is 42.9 Å². The lowest BCUT2D eigenvalue weighted by molar-refractivity contribution is 0.490. The zero-order valence-electron chi connectivity index (χ0n) is 80.7. The maximum atomic E-state index is 6.63. The molecule has 0 saturated carbocycles. The van der Waals surface area contributed by atoms with Crippen molar-refractivity contribution < 1.29 is 4.42 Å². The van der Waals surface area contributed by atoms with E-state index in [2.05, 4.69) is 475 Å². The molecule has 7 nitrogen and oxygen atoms in total. The van der Waals surface area contributed by atoms with Crippen molar-refractivity contribution in [3.8, 4) is 124 Å². The maximum absolute atomic E-state index is 6.63. The number of rotatable bonds is 8. The third kappa shape index (κ3) is 12.0. The Kier molecular flexibility index (Phi) is 18.5. The van der Waals surface area contributed by atoms with Gasteiger partial charge in [0.05, 0.1) is 49.8 Å². The van der Waals surface area contributed by atoms with Crippen LogP contribution in [0.1, 0.15) is 82.3 Å². The second kappa shape index (κ2) is 32.4. The van der Waals surface area contributed by atoms with E-state index in [4.69, 9.17) is 34.3 Å². The summed E-state index contributed by atoms with van der Waals surface area (Å²) in [5, 5.41) is 17.5. The third-order valence-corrected chi connectivity index (χ3v) is 35.4. The van der Waals surface area contributed by atoms with Crippen LogP contribution in [0.2, 0.25) is 0 Å². The quantitative estimate of drug-likeness (QED) is 0.150. The number of hydrogen-bond acceptors (Lipinski definition) is 9. The second-order valence-corrected chi connectivity index (χ2v) is 42.1. The van der Waals surface area contributed by atoms with Gasteiger partial charge in [-0.2, -0.15) is 0 Å². The molecule has 0 aliphatic heterocycles. The fourth-order valence-electron chi connectivity index (χ4n) is 26.5. The molecule has 148 heavy (non-hydrogen) atoms. The van der Waals surface area contributed by atoms with Crippen LogP contribution in [0.3, 0.4) is 0 Å². The van der Waals surface area contributed by atoms with Crippen molar-refractivity contribution in [3.63, 3.8) is 0 Å². The minimum Gasteiger partial charge on any atom is -0.455 e. The van der Waals surface area contributed by atoms with E-state index >= 15 is 0 Å². The largest absolute Gasteiger partial charge is 0.455 e. The fourth-order valence-corrected chi connectivity index (χ4v) is 29.0. The molecule has 28 aromatic rings. The van der Waals surface area contributed by atoms with Gasteiger partial charge in [0.15, 0.2) is 17.5 Å². The van der Waals surface area contributed by atoms with Gasteiger partial charge in [-0.3, -0.25) is 0 Å². The van der Waals surface area contributed by atoms with Gasteiger partial charge in [0.25, 0.3) is 0 Å². The molecule has 0 fully saturated rings. The predicted molar refractivity (Wildman–Crippen MR) is 616 cm³/mol. The van der Waals surface area contributed by atoms with Crippen molar-refractivity contribution in [3.05, 3.63) is 517 Å². The predicted octanol–water partition coefficient (Wildman–Crippen LogP) is 36.8. The molecule has 2 spiro atoms. The molecular weight excluding hydrogens is 1830 g/mol. The van der Waals surface area contributed by atoms with Crippen LogP contribution in [0.4, 0.5) is 0 Å². The topological polar surface area (TPSA) is 90.5 Å². The van der Waals surface area contributed by atoms with Gasteiger partial charge in [-0.05, 0) is 212 Å². The SMILES string of the molecule is CCC1(CC)c2ccccc2-c2cc(-c3nc(-c4ccccc4)c4ccc5sc6c7ccccc7ccc6c5c4n3)ccc21.c1ccc(-c2nc(-c3ccc4c(c3)-c3ccccc3C43c4ccccc4-c4ccccc43)nc3c2ccc2sc4c5ccccc5ccc4c23)cc1.c1ccc(-c2nc(-c3ccc4c(c3)C3(c5ccccc5-c5ccccc53)c3ccccc3-4)nc3c2ccc2oc4c5ccccc5ccc4c23)cc1. The molecule has 5 aliphatic carbocycles. The molecular formula is C139H86N6OS2. The minimum atomic E-state index is -0.441. The highest BCUT2D eigenvalue weighted by atomic mass is 32.1. The number of benzene rings is 22. The standard InChI is InChI=1S/C49H28N2O.C49H28N2S.C41H30N2S/c1-2-13-30(14-3-1)45-38-26-27-43-44(37-25-22-29-12-4-5-15-32(29)47(37)52-43)46(38)51-48(50-45)31-23-24-36-35-18-8-11-21-41(35)49(42(36)28-31)39-19-9-6-16-33(39)34-17-7-10-20-40(34)49;1-2-13-30(14-3-1)45-37-25-27-43-44(36-24-22-29-12-4-5-15-32(29)47(36)52-43)46(37)51-48(50-45)31-23-26-42-38(28-31)35-18-8-11-21-41(35)49(42)39-19-9-6-16-33(39)34-17-7-10-20-40(34)49;1-3-41(4-2)33-17-11-10-16-29(33)32-24-27(19-22-34(32)41)40-42-37(26-13-6-5-7-14-26)31-21-23-35-36(38(31)43-40)30-20-18-25-12-8-9-15-28(25)39(30)44-35/h2*1-28H;5-24H,3-4H2,1-2H3. The summed E-state index contributed by atoms with van der Waals surface area (Å²) >= 11 is 3.72. The highest BCUT2D eigenvalue weighted by molar-refractivity contribution is 7.27. The van der Waals surface area contributed by atoms with Crippen molar-refractivity contribution in [1.82, 2.24) is 29.9 Å². The molecule has 0 saturated heterocycles. The first-order valence-corrected chi connectivity index (χ1v) is 52.8. The van der Waals surface area contributed by atoms with E-state index in [0.29, 0.717) is 5.82 Å². The minimum absolute atomic E-state index is 0.0500. The molecule has 690 valence electrons. The second-order valence-electron chi connectivity index (χ2n) is 40.0. The van der Waals surface area contributed by atoms with E-state index < -0.39 is 5.41 Å². The van der Waals surface area contributed by atoms with Gasteiger partial charge in [0, 0.05) is 106 Å². The van der Waals surface area contributed by atoms with Gasteiger partial charge < -0.3 is 4.42 Å². The maximum Gasteiger partial charge on any atom is 0.160 e. The summed E-state index contributed by atoms with van der Waals surface area (Å²) in [5.41, 5.74) is 39.4. The summed E-state index contributed by atoms with van der Waals surface area (Å²) in [5.74, 6) is 2.21. The summed E-state index contributed by atoms with van der Waals surface area (Å²) in [4.78, 5) is 32.5. The molecule has 33 rings (SSSR count). The number of nitrogens with zero attached hydrogens (tertiary/aromatic N) is 6. The van der Waals surface area contributed by atoms with Crippen LogP contribution in [0.5, 0.6) is 0 Å². The van der Waals surface area contributed by atoms with Gasteiger partial charge in [0.1, 0.15) is 11.2 Å². The number of furan rings is 1. The van der Waals surface area contributed by atoms with Crippen LogP contribution in [0.15, 0.2) is 465 Å². The zero-order valence-corrected chi connectivity index (χ0v) is 82.3. The summed E-state index contributed by atoms with van der Waals surface area (Å²) in [6.07, 6.45) is 2.16. The normalized spacial score (nSPS) is 13.6. The number of aromatic nitrogens is 6. The van der Waals surface area contributed by atoms with Crippen LogP contribution >= 0.6 is 22.7 Å². The Morgan fingerprint density at radius 3 is 0.953 bits per heavy atom. The molecule has 0 unspecified atom stereocenters. The summed E-state index contributed by atoms with van der Waals surface area (Å²) in [6.45, 7) is 4.64. The first-order chi connectivity index (χ1) is 73.3. The number of hydrogen-bond donors (Lipinski definition) is 0. The molecule has 0 radical (unpaired) electrons. The molecule has 0 amide bonds. The lowest BCUT2D eigenvalue weighted by Crippen LogP contribution is -2.25. The van der Waals surface area contributed by atoms with E-state index in [1.807, 2.05) is 22.7 Å². The van der Waals surface area contributed by atoms with Crippen molar-refractivity contribution in [1.29, 1.82) is 0 Å². The Labute approximate surface area is 860 Å². The van der Waals surface area contributed by atoms with Crippen LogP contribution in [0, 0.1) is 0 Å². The van der Waals surface area contributed by atoms with E-state index in [9.17, 15) is 0 Å². The molecule has 0 bridgehead atoms. The monoisotopic (exact) mass is 1920 g/mol. The smallest absolute Gasteiger partial charge is 0.160 e. The van der Waals surface area contributed by atoms with Crippen LogP contribution in [-0.4, -0.2) is 29.9 Å². The molecule has 6 aromatic heterocycles. The third-order valence-electron chi connectivity index (χ3n) is 33.0. The van der Waals surface area contributed by atoms with Gasteiger partial charge in [-0.15, -0.1) is 22.7 Å². The summed E-state index contributed by atoms with van der Waals surface area (Å²) in [7, 11) is 0. The van der Waals surface area contributed by atoms with Crippen molar-refractivity contribution >= 4 is 150 Å². The van der Waals surface area contributed by atoms with Crippen LogP contribution in [0.25, 0.3) is 251 Å². The number of fused-ring (bicyclic) bond motifs is 44. The Balaban J connectivity index is 0.000000101. The molecule has 0 N–H and O–H groups in total. The van der Waals surface area contributed by atoms with Crippen molar-refractivity contribution in [2.75, 3.05) is 0 Å². The lowest BCUT2D eigenvalue weighted by Gasteiger charge is -2.30. The van der Waals surface area contributed by atoms with E-state index in [1.54, 1.807) is 0 Å². The van der Waals surface area contributed by atoms with E-state index in [0.717, 1.165) is 140 Å². The first kappa shape index (κ1) is 84.4.